The predicted octanol–water partition coefficient (Wildman–Crippen LogP) is 3.59. The molecule has 2 nitrogen and oxygen atoms in total. The fourth-order valence-electron chi connectivity index (χ4n) is 1.65. The third kappa shape index (κ3) is 2.61. The van der Waals surface area contributed by atoms with E-state index in [4.69, 9.17) is 4.74 Å². The molecule has 1 unspecified atom stereocenters. The minimum atomic E-state index is -4.71. The van der Waals surface area contributed by atoms with Crippen molar-refractivity contribution >= 4 is 0 Å². The lowest BCUT2D eigenvalue weighted by molar-refractivity contribution is -0.258. The van der Waals surface area contributed by atoms with Gasteiger partial charge in [-0.1, -0.05) is 19.9 Å². The number of alkyl halides is 3. The Morgan fingerprint density at radius 2 is 1.78 bits per heavy atom. The molecule has 0 bridgehead atoms. The zero-order valence-electron chi connectivity index (χ0n) is 10.8. The van der Waals surface area contributed by atoms with Crippen LogP contribution >= 0.6 is 0 Å². The summed E-state index contributed by atoms with van der Waals surface area (Å²) in [5.41, 5.74) is -2.40. The Kier molecular flexibility index (Phi) is 3.96. The molecule has 0 heterocycles. The molecule has 0 aliphatic heterocycles. The largest absolute Gasteiger partial charge is 0.496 e. The summed E-state index contributed by atoms with van der Waals surface area (Å²) in [6.07, 6.45) is -4.71. The van der Waals surface area contributed by atoms with Gasteiger partial charge in [-0.05, 0) is 36.1 Å². The number of hydrogen-bond acceptors (Lipinski definition) is 2. The Balaban J connectivity index is 3.33. The average Bonchev–Trinajstić information content (AvgIpc) is 2.26. The smallest absolute Gasteiger partial charge is 0.421 e. The minimum absolute atomic E-state index is 0.00364. The summed E-state index contributed by atoms with van der Waals surface area (Å²) < 4.78 is 43.4. The molecule has 18 heavy (non-hydrogen) atoms. The molecule has 5 heteroatoms. The predicted molar refractivity (Wildman–Crippen MR) is 62.7 cm³/mol. The van der Waals surface area contributed by atoms with Gasteiger partial charge in [-0.2, -0.15) is 13.2 Å². The monoisotopic (exact) mass is 262 g/mol. The highest BCUT2D eigenvalue weighted by Crippen LogP contribution is 2.40. The maximum absolute atomic E-state index is 12.8. The summed E-state index contributed by atoms with van der Waals surface area (Å²) in [7, 11) is 1.46. The van der Waals surface area contributed by atoms with Crippen molar-refractivity contribution in [3.63, 3.8) is 0 Å². The molecule has 102 valence electrons. The van der Waals surface area contributed by atoms with Gasteiger partial charge < -0.3 is 9.84 Å². The maximum atomic E-state index is 12.8. The van der Waals surface area contributed by atoms with Crippen LogP contribution in [0.25, 0.3) is 0 Å². The average molecular weight is 262 g/mol. The van der Waals surface area contributed by atoms with Crippen LogP contribution in [0.5, 0.6) is 5.75 Å². The Labute approximate surface area is 104 Å². The van der Waals surface area contributed by atoms with Gasteiger partial charge in [0.1, 0.15) is 5.75 Å². The van der Waals surface area contributed by atoms with Crippen molar-refractivity contribution in [1.82, 2.24) is 0 Å². The zero-order valence-corrected chi connectivity index (χ0v) is 10.8. The fraction of sp³-hybridized carbons (Fsp3) is 0.538. The molecule has 1 rings (SSSR count). The number of ether oxygens (including phenoxy) is 1. The number of hydrogen-bond donors (Lipinski definition) is 1. The van der Waals surface area contributed by atoms with Crippen LogP contribution in [0.1, 0.15) is 37.8 Å². The second kappa shape index (κ2) is 4.80. The van der Waals surface area contributed by atoms with Crippen LogP contribution in [-0.2, 0) is 5.60 Å². The Bertz CT molecular complexity index is 423. The van der Waals surface area contributed by atoms with Crippen LogP contribution in [0, 0.1) is 0 Å². The third-order valence-electron chi connectivity index (χ3n) is 2.97. The summed E-state index contributed by atoms with van der Waals surface area (Å²) in [6.45, 7) is 4.45. The van der Waals surface area contributed by atoms with Crippen LogP contribution in [0.3, 0.4) is 0 Å². The minimum Gasteiger partial charge on any atom is -0.496 e. The lowest BCUT2D eigenvalue weighted by Gasteiger charge is -2.28. The molecule has 0 aromatic heterocycles. The van der Waals surface area contributed by atoms with Crippen molar-refractivity contribution in [2.24, 2.45) is 0 Å². The molecule has 0 saturated heterocycles. The first kappa shape index (κ1) is 14.8. The van der Waals surface area contributed by atoms with Crippen LogP contribution < -0.4 is 4.74 Å². The van der Waals surface area contributed by atoms with Gasteiger partial charge in [0, 0.05) is 0 Å². The van der Waals surface area contributed by atoms with E-state index in [0.717, 1.165) is 6.92 Å². The molecule has 1 atom stereocenters. The van der Waals surface area contributed by atoms with Crippen molar-refractivity contribution in [3.8, 4) is 5.75 Å². The van der Waals surface area contributed by atoms with Gasteiger partial charge in [-0.3, -0.25) is 0 Å². The molecule has 0 radical (unpaired) electrons. The highest BCUT2D eigenvalue weighted by atomic mass is 19.4. The molecule has 0 amide bonds. The quantitative estimate of drug-likeness (QED) is 0.902. The first-order valence-electron chi connectivity index (χ1n) is 5.58. The van der Waals surface area contributed by atoms with E-state index >= 15 is 0 Å². The Morgan fingerprint density at radius 1 is 1.22 bits per heavy atom. The number of halogens is 3. The second-order valence-electron chi connectivity index (χ2n) is 4.68. The SMILES string of the molecule is COc1ccc(C(C)(O)C(F)(F)F)cc1C(C)C. The van der Waals surface area contributed by atoms with Gasteiger partial charge in [0.25, 0.3) is 0 Å². The number of methoxy groups -OCH3 is 1. The first-order valence-corrected chi connectivity index (χ1v) is 5.58. The van der Waals surface area contributed by atoms with Gasteiger partial charge in [-0.25, -0.2) is 0 Å². The van der Waals surface area contributed by atoms with E-state index in [9.17, 15) is 18.3 Å². The molecule has 0 aliphatic carbocycles. The lowest BCUT2D eigenvalue weighted by Crippen LogP contribution is -2.39. The van der Waals surface area contributed by atoms with Crippen molar-refractivity contribution < 1.29 is 23.0 Å². The molecule has 0 spiro atoms. The van der Waals surface area contributed by atoms with E-state index in [2.05, 4.69) is 0 Å². The van der Waals surface area contributed by atoms with Crippen molar-refractivity contribution in [3.05, 3.63) is 29.3 Å². The highest BCUT2D eigenvalue weighted by Gasteiger charge is 2.51. The van der Waals surface area contributed by atoms with E-state index in [0.29, 0.717) is 11.3 Å². The summed E-state index contributed by atoms with van der Waals surface area (Å²) >= 11 is 0. The molecule has 0 fully saturated rings. The van der Waals surface area contributed by atoms with Gasteiger partial charge in [0.2, 0.25) is 0 Å². The second-order valence-corrected chi connectivity index (χ2v) is 4.68. The van der Waals surface area contributed by atoms with Gasteiger partial charge in [0.15, 0.2) is 5.60 Å². The molecule has 1 aromatic rings. The summed E-state index contributed by atoms with van der Waals surface area (Å²) in [5.74, 6) is 0.524. The van der Waals surface area contributed by atoms with Crippen molar-refractivity contribution in [2.75, 3.05) is 7.11 Å². The topological polar surface area (TPSA) is 29.5 Å². The summed E-state index contributed by atoms with van der Waals surface area (Å²) in [4.78, 5) is 0. The number of rotatable bonds is 3. The summed E-state index contributed by atoms with van der Waals surface area (Å²) in [6, 6.07) is 4.03. The van der Waals surface area contributed by atoms with Crippen molar-refractivity contribution in [2.45, 2.75) is 38.5 Å². The van der Waals surface area contributed by atoms with Gasteiger partial charge in [-0.15, -0.1) is 0 Å². The van der Waals surface area contributed by atoms with Gasteiger partial charge in [0.05, 0.1) is 7.11 Å². The van der Waals surface area contributed by atoms with Crippen LogP contribution in [0.2, 0.25) is 0 Å². The lowest BCUT2D eigenvalue weighted by atomic mass is 9.90. The zero-order chi connectivity index (χ0) is 14.1. The third-order valence-corrected chi connectivity index (χ3v) is 2.97. The molecule has 1 aromatic carbocycles. The van der Waals surface area contributed by atoms with E-state index in [-0.39, 0.29) is 11.5 Å². The van der Waals surface area contributed by atoms with Crippen LogP contribution in [0.15, 0.2) is 18.2 Å². The number of benzene rings is 1. The molecule has 0 saturated carbocycles. The van der Waals surface area contributed by atoms with E-state index in [1.54, 1.807) is 0 Å². The van der Waals surface area contributed by atoms with Crippen molar-refractivity contribution in [1.29, 1.82) is 0 Å². The summed E-state index contributed by atoms with van der Waals surface area (Å²) in [5, 5.41) is 9.63. The Hall–Kier alpha value is -1.23. The van der Waals surface area contributed by atoms with E-state index in [1.165, 1.54) is 25.3 Å². The van der Waals surface area contributed by atoms with Crippen LogP contribution in [-0.4, -0.2) is 18.4 Å². The fourth-order valence-corrected chi connectivity index (χ4v) is 1.65. The number of aliphatic hydroxyl groups is 1. The first-order chi connectivity index (χ1) is 8.11. The molecular weight excluding hydrogens is 245 g/mol. The van der Waals surface area contributed by atoms with E-state index in [1.807, 2.05) is 13.8 Å². The molecule has 1 N–H and O–H groups in total. The van der Waals surface area contributed by atoms with Gasteiger partial charge >= 0.3 is 6.18 Å². The Morgan fingerprint density at radius 3 is 2.17 bits per heavy atom. The standard InChI is InChI=1S/C13H17F3O2/c1-8(2)10-7-9(5-6-11(10)18-4)12(3,17)13(14,15)16/h5-8,17H,1-4H3. The maximum Gasteiger partial charge on any atom is 0.421 e. The molecular formula is C13H17F3O2. The van der Waals surface area contributed by atoms with Crippen LogP contribution in [0.4, 0.5) is 13.2 Å². The normalized spacial score (nSPS) is 15.6. The molecule has 0 aliphatic rings. The van der Waals surface area contributed by atoms with E-state index < -0.39 is 11.8 Å². The highest BCUT2D eigenvalue weighted by molar-refractivity contribution is 5.41.